The molecule has 1 aliphatic carbocycles. The monoisotopic (exact) mass is 795 g/mol. The van der Waals surface area contributed by atoms with Crippen molar-refractivity contribution in [3.8, 4) is 55.8 Å². The lowest BCUT2D eigenvalue weighted by atomic mass is 9.80. The zero-order chi connectivity index (χ0) is 41.4. The van der Waals surface area contributed by atoms with Gasteiger partial charge in [-0.3, -0.25) is 0 Å². The fourth-order valence-corrected chi connectivity index (χ4v) is 9.70. The molecule has 3 nitrogen and oxygen atoms in total. The molecule has 3 heteroatoms. The molecule has 0 atom stereocenters. The Balaban J connectivity index is 0.921. The van der Waals surface area contributed by atoms with Gasteiger partial charge in [0.15, 0.2) is 0 Å². The summed E-state index contributed by atoms with van der Waals surface area (Å²) in [6.07, 6.45) is 0. The Morgan fingerprint density at radius 3 is 1.52 bits per heavy atom. The number of nitrogens with zero attached hydrogens (tertiary/aromatic N) is 1. The van der Waals surface area contributed by atoms with E-state index in [2.05, 4.69) is 213 Å². The lowest BCUT2D eigenvalue weighted by Crippen LogP contribution is -2.15. The minimum absolute atomic E-state index is 0.197. The molecule has 11 aromatic rings. The number of anilines is 3. The number of rotatable bonds is 7. The number of fused-ring (bicyclic) bond motifs is 8. The van der Waals surface area contributed by atoms with Crippen LogP contribution in [0.2, 0.25) is 0 Å². The molecule has 0 spiro atoms. The molecule has 62 heavy (non-hydrogen) atoms. The van der Waals surface area contributed by atoms with Crippen LogP contribution in [0, 0.1) is 0 Å². The highest BCUT2D eigenvalue weighted by molar-refractivity contribution is 6.06. The van der Waals surface area contributed by atoms with Crippen molar-refractivity contribution in [3.63, 3.8) is 0 Å². The van der Waals surface area contributed by atoms with Crippen molar-refractivity contribution in [2.45, 2.75) is 19.3 Å². The number of benzene rings is 9. The molecule has 0 aliphatic heterocycles. The molecule has 0 radical (unpaired) electrons. The number of hydrogen-bond acceptors (Lipinski definition) is 3. The Hall–Kier alpha value is -7.88. The van der Waals surface area contributed by atoms with Crippen LogP contribution < -0.4 is 4.90 Å². The molecule has 0 saturated heterocycles. The number of furan rings is 2. The maximum atomic E-state index is 6.48. The predicted octanol–water partition coefficient (Wildman–Crippen LogP) is 16.8. The van der Waals surface area contributed by atoms with E-state index in [1.165, 1.54) is 49.9 Å². The molecule has 0 saturated carbocycles. The number of para-hydroxylation sites is 2. The molecule has 0 fully saturated rings. The van der Waals surface area contributed by atoms with E-state index in [4.69, 9.17) is 8.83 Å². The van der Waals surface area contributed by atoms with E-state index in [0.717, 1.165) is 67.0 Å². The van der Waals surface area contributed by atoms with Crippen molar-refractivity contribution in [3.05, 3.63) is 223 Å². The van der Waals surface area contributed by atoms with Crippen LogP contribution in [0.4, 0.5) is 17.1 Å². The Bertz CT molecular complexity index is 3460. The van der Waals surface area contributed by atoms with Gasteiger partial charge in [0.25, 0.3) is 0 Å². The van der Waals surface area contributed by atoms with E-state index < -0.39 is 0 Å². The largest absolute Gasteiger partial charge is 0.456 e. The maximum Gasteiger partial charge on any atom is 0.139 e. The van der Waals surface area contributed by atoms with Crippen LogP contribution in [0.1, 0.15) is 25.0 Å². The minimum atomic E-state index is -0.197. The summed E-state index contributed by atoms with van der Waals surface area (Å²) in [7, 11) is 0. The zero-order valence-corrected chi connectivity index (χ0v) is 34.5. The molecular weight excluding hydrogens is 755 g/mol. The third-order valence-corrected chi connectivity index (χ3v) is 12.9. The van der Waals surface area contributed by atoms with Gasteiger partial charge in [-0.15, -0.1) is 0 Å². The summed E-state index contributed by atoms with van der Waals surface area (Å²) in [5, 5.41) is 3.45. The van der Waals surface area contributed by atoms with Gasteiger partial charge in [-0.2, -0.15) is 0 Å². The van der Waals surface area contributed by atoms with Crippen molar-refractivity contribution in [1.29, 1.82) is 0 Å². The molecule has 1 aliphatic rings. The minimum Gasteiger partial charge on any atom is -0.456 e. The van der Waals surface area contributed by atoms with Gasteiger partial charge >= 0.3 is 0 Å². The van der Waals surface area contributed by atoms with Crippen LogP contribution in [0.5, 0.6) is 0 Å². The molecule has 0 unspecified atom stereocenters. The predicted molar refractivity (Wildman–Crippen MR) is 257 cm³/mol. The van der Waals surface area contributed by atoms with Crippen LogP contribution in [0.3, 0.4) is 0 Å². The fourth-order valence-electron chi connectivity index (χ4n) is 9.70. The first-order chi connectivity index (χ1) is 30.5. The van der Waals surface area contributed by atoms with Crippen LogP contribution in [0.25, 0.3) is 88.7 Å². The molecule has 0 bridgehead atoms. The van der Waals surface area contributed by atoms with Crippen molar-refractivity contribution in [2.75, 3.05) is 4.90 Å². The first-order valence-electron chi connectivity index (χ1n) is 21.3. The highest BCUT2D eigenvalue weighted by Crippen LogP contribution is 2.54. The topological polar surface area (TPSA) is 29.5 Å². The molecule has 12 rings (SSSR count). The normalized spacial score (nSPS) is 12.8. The molecule has 0 N–H and O–H groups in total. The van der Waals surface area contributed by atoms with Crippen molar-refractivity contribution in [2.24, 2.45) is 0 Å². The summed E-state index contributed by atoms with van der Waals surface area (Å²) in [6.45, 7) is 4.64. The number of hydrogen-bond donors (Lipinski definition) is 0. The average Bonchev–Trinajstić information content (AvgIpc) is 3.98. The van der Waals surface area contributed by atoms with Crippen molar-refractivity contribution in [1.82, 2.24) is 0 Å². The SMILES string of the molecule is CC1(C)c2cc(-c3cccc(N(c4ccc(-c5ccc(-c6ccccc6)cc5)cc4)c4ccc(-c5ccc6oc7ccccc7c6c5)cc4)c3)ccc2-c2oc3ccccc3c21. The molecule has 294 valence electrons. The van der Waals surface area contributed by atoms with Crippen LogP contribution >= 0.6 is 0 Å². The highest BCUT2D eigenvalue weighted by Gasteiger charge is 2.40. The Morgan fingerprint density at radius 1 is 0.339 bits per heavy atom. The van der Waals surface area contributed by atoms with Gasteiger partial charge < -0.3 is 13.7 Å². The zero-order valence-electron chi connectivity index (χ0n) is 34.5. The Kier molecular flexibility index (Phi) is 8.20. The fraction of sp³-hybridized carbons (Fsp3) is 0.0508. The highest BCUT2D eigenvalue weighted by atomic mass is 16.3. The van der Waals surface area contributed by atoms with E-state index >= 15 is 0 Å². The summed E-state index contributed by atoms with van der Waals surface area (Å²) in [5.41, 5.74) is 19.0. The van der Waals surface area contributed by atoms with Crippen molar-refractivity contribution < 1.29 is 8.83 Å². The quantitative estimate of drug-likeness (QED) is 0.161. The summed E-state index contributed by atoms with van der Waals surface area (Å²) in [6, 6.07) is 76.2. The molecular formula is C59H41NO2. The van der Waals surface area contributed by atoms with Crippen LogP contribution in [-0.2, 0) is 5.41 Å². The van der Waals surface area contributed by atoms with Gasteiger partial charge in [0.05, 0.1) is 0 Å². The lowest BCUT2D eigenvalue weighted by molar-refractivity contribution is 0.619. The second-order valence-corrected chi connectivity index (χ2v) is 16.9. The first-order valence-corrected chi connectivity index (χ1v) is 21.3. The van der Waals surface area contributed by atoms with Gasteiger partial charge in [-0.25, -0.2) is 0 Å². The molecule has 9 aromatic carbocycles. The van der Waals surface area contributed by atoms with Crippen LogP contribution in [-0.4, -0.2) is 0 Å². The van der Waals surface area contributed by atoms with Gasteiger partial charge in [0.2, 0.25) is 0 Å². The maximum absolute atomic E-state index is 6.48. The van der Waals surface area contributed by atoms with Gasteiger partial charge in [-0.05, 0) is 117 Å². The van der Waals surface area contributed by atoms with E-state index in [9.17, 15) is 0 Å². The molecule has 0 amide bonds. The summed E-state index contributed by atoms with van der Waals surface area (Å²) in [4.78, 5) is 2.36. The second kappa shape index (κ2) is 14.1. The smallest absolute Gasteiger partial charge is 0.139 e. The van der Waals surface area contributed by atoms with Gasteiger partial charge in [0.1, 0.15) is 22.5 Å². The Morgan fingerprint density at radius 2 is 0.823 bits per heavy atom. The Labute approximate surface area is 360 Å². The van der Waals surface area contributed by atoms with Gasteiger partial charge in [0, 0.05) is 49.8 Å². The molecule has 2 heterocycles. The summed E-state index contributed by atoms with van der Waals surface area (Å²) in [5.74, 6) is 0.995. The third-order valence-electron chi connectivity index (χ3n) is 12.9. The first kappa shape index (κ1) is 36.0. The summed E-state index contributed by atoms with van der Waals surface area (Å²) < 4.78 is 12.6. The standard InChI is InChI=1S/C59H41NO2/c1-59(2)53-37-45(27-33-50(53)58-57(59)51-16-7-9-18-55(51)62-58)43-13-10-14-48(35-43)60(46-29-23-41(24-30-46)40-21-19-39(20-22-40)38-11-4-3-5-12-38)47-31-25-42(26-32-47)44-28-34-56-52(36-44)49-15-6-8-17-54(49)61-56/h3-37H,1-2H3. The average molecular weight is 796 g/mol. The van der Waals surface area contributed by atoms with E-state index in [1.54, 1.807) is 0 Å². The van der Waals surface area contributed by atoms with Crippen LogP contribution in [0.15, 0.2) is 221 Å². The van der Waals surface area contributed by atoms with E-state index in [-0.39, 0.29) is 5.41 Å². The van der Waals surface area contributed by atoms with E-state index in [0.29, 0.717) is 0 Å². The van der Waals surface area contributed by atoms with Gasteiger partial charge in [-0.1, -0.05) is 159 Å². The second-order valence-electron chi connectivity index (χ2n) is 16.9. The summed E-state index contributed by atoms with van der Waals surface area (Å²) >= 11 is 0. The van der Waals surface area contributed by atoms with Crippen molar-refractivity contribution >= 4 is 50.0 Å². The van der Waals surface area contributed by atoms with E-state index in [1.807, 2.05) is 18.2 Å². The third kappa shape index (κ3) is 5.89. The molecule has 2 aromatic heterocycles. The lowest BCUT2D eigenvalue weighted by Gasteiger charge is -2.27.